The van der Waals surface area contributed by atoms with E-state index >= 15 is 0 Å². The maximum Gasteiger partial charge on any atom is 0.0558 e. The van der Waals surface area contributed by atoms with E-state index in [2.05, 4.69) is 0 Å². The van der Waals surface area contributed by atoms with Crippen molar-refractivity contribution in [3.63, 3.8) is 0 Å². The summed E-state index contributed by atoms with van der Waals surface area (Å²) in [6.07, 6.45) is 0. The van der Waals surface area contributed by atoms with Crippen molar-refractivity contribution in [1.82, 2.24) is 4.90 Å². The van der Waals surface area contributed by atoms with Gasteiger partial charge in [-0.2, -0.15) is 0 Å². The van der Waals surface area contributed by atoms with Gasteiger partial charge in [-0.05, 0) is 7.05 Å². The van der Waals surface area contributed by atoms with E-state index < -0.39 is 0 Å². The molecule has 2 N–H and O–H groups in total. The molecule has 0 radical (unpaired) electrons. The van der Waals surface area contributed by atoms with Crippen LogP contribution in [-0.2, 0) is 0 Å². The van der Waals surface area contributed by atoms with E-state index in [1.54, 1.807) is 0 Å². The second kappa shape index (κ2) is 8.17. The van der Waals surface area contributed by atoms with Crippen LogP contribution in [-0.4, -0.2) is 48.5 Å². The van der Waals surface area contributed by atoms with Crippen LogP contribution in [0.15, 0.2) is 0 Å². The van der Waals surface area contributed by atoms with Crippen LogP contribution < -0.4 is 0 Å². The molecule has 0 saturated heterocycles. The van der Waals surface area contributed by atoms with Crippen LogP contribution in [0.5, 0.6) is 0 Å². The molecule has 4 heteroatoms. The first-order valence-electron chi connectivity index (χ1n) is 2.71. The van der Waals surface area contributed by atoms with Crippen LogP contribution in [0.1, 0.15) is 0 Å². The van der Waals surface area contributed by atoms with Crippen molar-refractivity contribution in [2.24, 2.45) is 0 Å². The first-order valence-corrected chi connectivity index (χ1v) is 2.71. The number of hydrogen-bond donors (Lipinski definition) is 2. The average molecular weight is 160 g/mol. The molecule has 0 rings (SSSR count). The summed E-state index contributed by atoms with van der Waals surface area (Å²) in [4.78, 5) is 1.86. The van der Waals surface area contributed by atoms with Gasteiger partial charge in [-0.15, -0.1) is 12.4 Å². The number of likely N-dealkylation sites (N-methyl/N-ethyl adjacent to an activating group) is 1. The van der Waals surface area contributed by atoms with Gasteiger partial charge in [0.2, 0.25) is 0 Å². The summed E-state index contributed by atoms with van der Waals surface area (Å²) < 4.78 is 0. The molecule has 0 unspecified atom stereocenters. The van der Waals surface area contributed by atoms with Crippen molar-refractivity contribution in [1.29, 1.82) is 0 Å². The lowest BCUT2D eigenvalue weighted by atomic mass is 11.2. The Morgan fingerprint density at radius 3 is 1.67 bits per heavy atom. The Morgan fingerprint density at radius 2 is 1.44 bits per heavy atom. The highest BCUT2D eigenvalue weighted by Gasteiger charge is 1.91. The standard InChI is InChI=1S/C5H13NO2.ClH/c1-6(2-4-7)3-5-8;/h7-8H,2-5H2,1H3;1H/i2+1,3+1,4+1,5+1;. The van der Waals surface area contributed by atoms with Gasteiger partial charge in [-0.1, -0.05) is 0 Å². The minimum atomic E-state index is 0. The van der Waals surface area contributed by atoms with Crippen molar-refractivity contribution < 1.29 is 10.2 Å². The van der Waals surface area contributed by atoms with Crippen LogP contribution in [0.2, 0.25) is 0 Å². The zero-order valence-electron chi connectivity index (χ0n) is 5.58. The van der Waals surface area contributed by atoms with Crippen LogP contribution in [0, 0.1) is 0 Å². The number of hydrogen-bond acceptors (Lipinski definition) is 3. The van der Waals surface area contributed by atoms with Gasteiger partial charge in [-0.3, -0.25) is 0 Å². The van der Waals surface area contributed by atoms with Crippen molar-refractivity contribution in [2.75, 3.05) is 33.4 Å². The lowest BCUT2D eigenvalue weighted by molar-refractivity contribution is 0.184. The topological polar surface area (TPSA) is 43.7 Å². The highest BCUT2D eigenvalue weighted by molar-refractivity contribution is 5.85. The molecular weight excluding hydrogens is 145 g/mol. The molecule has 0 amide bonds. The Labute approximate surface area is 61.7 Å². The molecule has 0 aliphatic carbocycles. The van der Waals surface area contributed by atoms with Gasteiger partial charge in [0.1, 0.15) is 0 Å². The van der Waals surface area contributed by atoms with E-state index in [1.807, 2.05) is 11.9 Å². The van der Waals surface area contributed by atoms with E-state index in [0.29, 0.717) is 13.1 Å². The van der Waals surface area contributed by atoms with E-state index in [4.69, 9.17) is 10.2 Å². The van der Waals surface area contributed by atoms with Crippen molar-refractivity contribution in [3.05, 3.63) is 0 Å². The summed E-state index contributed by atoms with van der Waals surface area (Å²) in [6, 6.07) is 0. The molecule has 0 heterocycles. The lowest BCUT2D eigenvalue weighted by Crippen LogP contribution is -2.25. The second-order valence-electron chi connectivity index (χ2n) is 1.75. The summed E-state index contributed by atoms with van der Waals surface area (Å²) in [6.45, 7) is 1.61. The number of rotatable bonds is 4. The molecule has 3 nitrogen and oxygen atoms in total. The minimum absolute atomic E-state index is 0. The largest absolute Gasteiger partial charge is 0.395 e. The maximum absolute atomic E-state index is 8.34. The Balaban J connectivity index is 0. The van der Waals surface area contributed by atoms with Crippen LogP contribution >= 0.6 is 12.4 Å². The van der Waals surface area contributed by atoms with Gasteiger partial charge in [-0.25, -0.2) is 0 Å². The average Bonchev–Trinajstić information content (AvgIpc) is 1.68. The van der Waals surface area contributed by atoms with Gasteiger partial charge >= 0.3 is 0 Å². The Kier molecular flexibility index (Phi) is 10.8. The molecule has 0 aromatic carbocycles. The Hall–Kier alpha value is 0.170. The number of aliphatic hydroxyl groups is 2. The molecule has 0 aromatic heterocycles. The summed E-state index contributed by atoms with van der Waals surface area (Å²) in [5, 5.41) is 16.7. The fourth-order valence-electron chi connectivity index (χ4n) is 0.453. The van der Waals surface area contributed by atoms with Crippen LogP contribution in [0.4, 0.5) is 0 Å². The molecule has 0 fully saturated rings. The highest BCUT2D eigenvalue weighted by Crippen LogP contribution is 1.76. The molecule has 0 aliphatic rings. The van der Waals surface area contributed by atoms with E-state index in [-0.39, 0.29) is 25.6 Å². The quantitative estimate of drug-likeness (QED) is 0.535. The van der Waals surface area contributed by atoms with Crippen molar-refractivity contribution in [2.45, 2.75) is 0 Å². The molecule has 0 aliphatic heterocycles. The third kappa shape index (κ3) is 8.17. The predicted molar refractivity (Wildman–Crippen MR) is 38.9 cm³/mol. The first kappa shape index (κ1) is 11.9. The highest BCUT2D eigenvalue weighted by atomic mass is 35.5. The van der Waals surface area contributed by atoms with Crippen LogP contribution in [0.3, 0.4) is 0 Å². The zero-order valence-corrected chi connectivity index (χ0v) is 6.39. The third-order valence-electron chi connectivity index (χ3n) is 0.963. The fraction of sp³-hybridized carbons (Fsp3) is 1.00. The minimum Gasteiger partial charge on any atom is -0.395 e. The fourth-order valence-corrected chi connectivity index (χ4v) is 0.453. The van der Waals surface area contributed by atoms with Gasteiger partial charge in [0.25, 0.3) is 0 Å². The predicted octanol–water partition coefficient (Wildman–Crippen LogP) is -0.675. The third-order valence-corrected chi connectivity index (χ3v) is 0.963. The Morgan fingerprint density at radius 1 is 1.11 bits per heavy atom. The van der Waals surface area contributed by atoms with E-state index in [0.717, 1.165) is 0 Å². The van der Waals surface area contributed by atoms with E-state index in [9.17, 15) is 0 Å². The SMILES string of the molecule is CN([13CH2][13CH2]O)[13CH2][13CH2]O.Cl. The molecule has 0 atom stereocenters. The monoisotopic (exact) mass is 159 g/mol. The molecule has 0 saturated carbocycles. The first-order chi connectivity index (χ1) is 3.81. The van der Waals surface area contributed by atoms with Gasteiger partial charge in [0.15, 0.2) is 0 Å². The van der Waals surface area contributed by atoms with Gasteiger partial charge < -0.3 is 15.1 Å². The lowest BCUT2D eigenvalue weighted by Gasteiger charge is -2.11. The molecule has 0 spiro atoms. The summed E-state index contributed by atoms with van der Waals surface area (Å²) in [5.74, 6) is 0. The molecule has 0 bridgehead atoms. The summed E-state index contributed by atoms with van der Waals surface area (Å²) >= 11 is 0. The summed E-state index contributed by atoms with van der Waals surface area (Å²) in [5.41, 5.74) is 0. The smallest absolute Gasteiger partial charge is 0.0558 e. The zero-order chi connectivity index (χ0) is 6.41. The van der Waals surface area contributed by atoms with Gasteiger partial charge in [0, 0.05) is 13.1 Å². The van der Waals surface area contributed by atoms with Crippen molar-refractivity contribution in [3.8, 4) is 0 Å². The molecular formula is C5H14ClNO2. The maximum atomic E-state index is 8.34. The second-order valence-corrected chi connectivity index (χ2v) is 1.75. The van der Waals surface area contributed by atoms with Crippen LogP contribution in [0.25, 0.3) is 0 Å². The number of halogens is 1. The van der Waals surface area contributed by atoms with Gasteiger partial charge in [0.05, 0.1) is 13.2 Å². The normalized spacial score (nSPS) is 9.33. The molecule has 58 valence electrons. The molecule has 0 aromatic rings. The van der Waals surface area contributed by atoms with E-state index in [1.165, 1.54) is 0 Å². The number of nitrogens with zero attached hydrogens (tertiary/aromatic N) is 1. The Bertz CT molecular complexity index is 48.2. The molecule has 9 heavy (non-hydrogen) atoms. The summed E-state index contributed by atoms with van der Waals surface area (Å²) in [7, 11) is 1.85. The number of aliphatic hydroxyl groups excluding tert-OH is 2. The van der Waals surface area contributed by atoms with Crippen molar-refractivity contribution >= 4 is 12.4 Å².